The number of hydrogen-bond acceptors (Lipinski definition) is 9. The van der Waals surface area contributed by atoms with Gasteiger partial charge in [-0.05, 0) is 26.1 Å². The van der Waals surface area contributed by atoms with Crippen LogP contribution >= 0.6 is 24.0 Å². The van der Waals surface area contributed by atoms with E-state index >= 15 is 0 Å². The number of nitrogens with zero attached hydrogens (tertiary/aromatic N) is 3. The van der Waals surface area contributed by atoms with Crippen LogP contribution in [0, 0.1) is 0 Å². The van der Waals surface area contributed by atoms with E-state index in [2.05, 4.69) is 10.3 Å². The number of thiocarbonyl (C=S) groups is 1. The van der Waals surface area contributed by atoms with Gasteiger partial charge in [0.2, 0.25) is 4.38 Å². The Morgan fingerprint density at radius 2 is 2.33 bits per heavy atom. The fraction of sp³-hybridized carbons (Fsp3) is 0.833. The average Bonchev–Trinajstić information content (AvgIpc) is 2.91. The lowest BCUT2D eigenvalue weighted by Gasteiger charge is -2.14. The van der Waals surface area contributed by atoms with Crippen LogP contribution in [0.3, 0.4) is 0 Å². The third kappa shape index (κ3) is 7.05. The largest absolute Gasteiger partial charge is 0.479 e. The summed E-state index contributed by atoms with van der Waals surface area (Å²) in [6.07, 6.45) is 0.663. The first-order valence-corrected chi connectivity index (χ1v) is 8.12. The Balaban J connectivity index is 2.10. The Kier molecular flexibility index (Phi) is 8.55. The van der Waals surface area contributed by atoms with Gasteiger partial charge >= 0.3 is 5.97 Å². The molecule has 7 nitrogen and oxygen atoms in total. The molecule has 0 saturated heterocycles. The molecule has 0 aromatic rings. The number of carbonyl (C=O) groups excluding carboxylic acids is 1. The van der Waals surface area contributed by atoms with Crippen LogP contribution in [0.1, 0.15) is 20.3 Å². The Morgan fingerprint density at radius 1 is 1.57 bits per heavy atom. The highest BCUT2D eigenvalue weighted by Gasteiger charge is 2.19. The van der Waals surface area contributed by atoms with Gasteiger partial charge in [-0.1, -0.05) is 17.0 Å². The maximum absolute atomic E-state index is 11.7. The fourth-order valence-electron chi connectivity index (χ4n) is 1.57. The smallest absolute Gasteiger partial charge is 0.319 e. The summed E-state index contributed by atoms with van der Waals surface area (Å²) in [4.78, 5) is 11.7. The molecular formula is C12H21N3O4S2. The van der Waals surface area contributed by atoms with E-state index in [0.29, 0.717) is 37.1 Å². The molecule has 0 fully saturated rings. The molecule has 2 atom stereocenters. The molecule has 0 aliphatic carbocycles. The van der Waals surface area contributed by atoms with Gasteiger partial charge in [0.1, 0.15) is 11.3 Å². The number of carbonyl (C=O) groups is 1. The van der Waals surface area contributed by atoms with Crippen molar-refractivity contribution in [2.24, 2.45) is 10.3 Å². The van der Waals surface area contributed by atoms with Crippen molar-refractivity contribution in [2.75, 3.05) is 32.9 Å². The second kappa shape index (κ2) is 9.91. The van der Waals surface area contributed by atoms with E-state index < -0.39 is 0 Å². The molecule has 1 heterocycles. The predicted octanol–water partition coefficient (Wildman–Crippen LogP) is 1.41. The van der Waals surface area contributed by atoms with Crippen LogP contribution in [0.5, 0.6) is 0 Å². The summed E-state index contributed by atoms with van der Waals surface area (Å²) in [6.45, 7) is 5.65. The van der Waals surface area contributed by atoms with Gasteiger partial charge in [0.25, 0.3) is 0 Å². The van der Waals surface area contributed by atoms with E-state index in [4.69, 9.17) is 26.8 Å². The molecule has 0 bridgehead atoms. The third-order valence-electron chi connectivity index (χ3n) is 2.65. The van der Waals surface area contributed by atoms with Gasteiger partial charge in [0.05, 0.1) is 26.4 Å². The standard InChI is InChI=1S/C12H21N3O4S2/c1-3-18-12(20)21-9(2)11(17)19-6-4-5-15-7-10(8-16)13-14-15/h9-10,16H,3-8H2,1-2H3. The molecule has 1 rings (SSSR count). The van der Waals surface area contributed by atoms with Crippen LogP contribution in [-0.4, -0.2) is 64.7 Å². The van der Waals surface area contributed by atoms with Gasteiger partial charge in [-0.25, -0.2) is 0 Å². The van der Waals surface area contributed by atoms with Crippen LogP contribution in [0.2, 0.25) is 0 Å². The van der Waals surface area contributed by atoms with Crippen LogP contribution in [0.15, 0.2) is 10.3 Å². The van der Waals surface area contributed by atoms with Crippen molar-refractivity contribution in [3.63, 3.8) is 0 Å². The molecule has 21 heavy (non-hydrogen) atoms. The molecule has 2 unspecified atom stereocenters. The van der Waals surface area contributed by atoms with Crippen molar-refractivity contribution >= 4 is 34.3 Å². The molecule has 0 aromatic carbocycles. The minimum atomic E-state index is -0.380. The van der Waals surface area contributed by atoms with E-state index in [1.165, 1.54) is 11.8 Å². The molecule has 0 amide bonds. The highest BCUT2D eigenvalue weighted by Crippen LogP contribution is 2.15. The molecule has 1 aliphatic heterocycles. The lowest BCUT2D eigenvalue weighted by Crippen LogP contribution is -2.25. The molecule has 0 saturated carbocycles. The van der Waals surface area contributed by atoms with Crippen LogP contribution in [0.25, 0.3) is 0 Å². The minimum Gasteiger partial charge on any atom is -0.479 e. The van der Waals surface area contributed by atoms with Gasteiger partial charge in [-0.15, -0.1) is 0 Å². The average molecular weight is 335 g/mol. The van der Waals surface area contributed by atoms with Crippen LogP contribution < -0.4 is 0 Å². The molecule has 1 N–H and O–H groups in total. The maximum Gasteiger partial charge on any atom is 0.319 e. The van der Waals surface area contributed by atoms with Crippen molar-refractivity contribution < 1.29 is 19.4 Å². The van der Waals surface area contributed by atoms with E-state index in [1.54, 1.807) is 11.9 Å². The lowest BCUT2D eigenvalue weighted by molar-refractivity contribution is -0.142. The predicted molar refractivity (Wildman–Crippen MR) is 84.2 cm³/mol. The highest BCUT2D eigenvalue weighted by molar-refractivity contribution is 8.23. The summed E-state index contributed by atoms with van der Waals surface area (Å²) in [5.41, 5.74) is 0. The van der Waals surface area contributed by atoms with E-state index in [9.17, 15) is 4.79 Å². The zero-order valence-corrected chi connectivity index (χ0v) is 13.9. The second-order valence-corrected chi connectivity index (χ2v) is 6.36. The number of aliphatic hydroxyl groups excluding tert-OH is 1. The van der Waals surface area contributed by atoms with E-state index in [1.807, 2.05) is 6.92 Å². The van der Waals surface area contributed by atoms with Crippen molar-refractivity contribution in [1.29, 1.82) is 0 Å². The first-order valence-electron chi connectivity index (χ1n) is 6.83. The van der Waals surface area contributed by atoms with E-state index in [-0.39, 0.29) is 23.9 Å². The van der Waals surface area contributed by atoms with Gasteiger partial charge in [-0.2, -0.15) is 5.11 Å². The number of rotatable bonds is 8. The Labute approximate surface area is 134 Å². The Morgan fingerprint density at radius 3 is 2.95 bits per heavy atom. The minimum absolute atomic E-state index is 0.00344. The van der Waals surface area contributed by atoms with Gasteiger partial charge in [-0.3, -0.25) is 9.80 Å². The van der Waals surface area contributed by atoms with Crippen molar-refractivity contribution in [3.8, 4) is 0 Å². The summed E-state index contributed by atoms with van der Waals surface area (Å²) >= 11 is 6.14. The van der Waals surface area contributed by atoms with Crippen LogP contribution in [-0.2, 0) is 14.3 Å². The first-order chi connectivity index (χ1) is 10.1. The SMILES string of the molecule is CCOC(=S)SC(C)C(=O)OCCCN1CC(CO)N=N1. The molecule has 0 spiro atoms. The second-order valence-electron chi connectivity index (χ2n) is 4.42. The van der Waals surface area contributed by atoms with Crippen molar-refractivity contribution in [3.05, 3.63) is 0 Å². The zero-order chi connectivity index (χ0) is 15.7. The number of hydrogen-bond donors (Lipinski definition) is 1. The maximum atomic E-state index is 11.7. The molecule has 1 aliphatic rings. The van der Waals surface area contributed by atoms with Gasteiger partial charge in [0.15, 0.2) is 0 Å². The monoisotopic (exact) mass is 335 g/mol. The molecular weight excluding hydrogens is 314 g/mol. The number of ether oxygens (including phenoxy) is 2. The van der Waals surface area contributed by atoms with Crippen molar-refractivity contribution in [1.82, 2.24) is 5.01 Å². The number of thioether (sulfide) groups is 1. The molecule has 0 aromatic heterocycles. The number of esters is 1. The van der Waals surface area contributed by atoms with Gasteiger partial charge < -0.3 is 14.6 Å². The molecule has 9 heteroatoms. The summed E-state index contributed by atoms with van der Waals surface area (Å²) in [7, 11) is 0. The summed E-state index contributed by atoms with van der Waals surface area (Å²) < 4.78 is 10.6. The van der Waals surface area contributed by atoms with Crippen molar-refractivity contribution in [2.45, 2.75) is 31.6 Å². The Hall–Kier alpha value is -0.930. The fourth-order valence-corrected chi connectivity index (χ4v) is 2.76. The summed E-state index contributed by atoms with van der Waals surface area (Å²) in [5, 5.41) is 18.1. The van der Waals surface area contributed by atoms with Crippen LogP contribution in [0.4, 0.5) is 0 Å². The third-order valence-corrected chi connectivity index (χ3v) is 3.91. The Bertz CT molecular complexity index is 382. The topological polar surface area (TPSA) is 83.7 Å². The zero-order valence-electron chi connectivity index (χ0n) is 12.2. The highest BCUT2D eigenvalue weighted by atomic mass is 32.2. The first kappa shape index (κ1) is 18.1. The molecule has 0 radical (unpaired) electrons. The normalized spacial score (nSPS) is 18.6. The van der Waals surface area contributed by atoms with E-state index in [0.717, 1.165) is 0 Å². The quantitative estimate of drug-likeness (QED) is 0.408. The lowest BCUT2D eigenvalue weighted by atomic mass is 10.3. The number of aliphatic hydroxyl groups is 1. The van der Waals surface area contributed by atoms with Gasteiger partial charge in [0, 0.05) is 13.0 Å². The summed E-state index contributed by atoms with van der Waals surface area (Å²) in [6, 6.07) is -0.136. The molecule has 120 valence electrons. The summed E-state index contributed by atoms with van der Waals surface area (Å²) in [5.74, 6) is -0.307.